The zero-order valence-electron chi connectivity index (χ0n) is 11.5. The van der Waals surface area contributed by atoms with Crippen molar-refractivity contribution in [1.29, 1.82) is 0 Å². The number of ether oxygens (including phenoxy) is 2. The predicted octanol–water partition coefficient (Wildman–Crippen LogP) is -1.33. The SMILES string of the molecule is COCC(CNC(=O)NC(CCC(N)=O)C(=O)O)OC. The maximum absolute atomic E-state index is 11.5. The molecule has 2 atom stereocenters. The van der Waals surface area contributed by atoms with Crippen molar-refractivity contribution in [2.75, 3.05) is 27.4 Å². The number of hydrogen-bond donors (Lipinski definition) is 4. The summed E-state index contributed by atoms with van der Waals surface area (Å²) < 4.78 is 9.90. The van der Waals surface area contributed by atoms with Crippen molar-refractivity contribution in [1.82, 2.24) is 10.6 Å². The van der Waals surface area contributed by atoms with Gasteiger partial charge in [-0.05, 0) is 6.42 Å². The lowest BCUT2D eigenvalue weighted by molar-refractivity contribution is -0.139. The minimum Gasteiger partial charge on any atom is -0.480 e. The number of nitrogens with two attached hydrogens (primary N) is 1. The van der Waals surface area contributed by atoms with Crippen LogP contribution in [-0.2, 0) is 19.1 Å². The van der Waals surface area contributed by atoms with Gasteiger partial charge in [0.1, 0.15) is 6.04 Å². The number of carboxylic acids is 1. The van der Waals surface area contributed by atoms with Crippen molar-refractivity contribution in [2.45, 2.75) is 25.0 Å². The van der Waals surface area contributed by atoms with E-state index < -0.39 is 23.9 Å². The fraction of sp³-hybridized carbons (Fsp3) is 0.727. The Morgan fingerprint density at radius 2 is 1.95 bits per heavy atom. The van der Waals surface area contributed by atoms with Gasteiger partial charge in [-0.3, -0.25) is 4.79 Å². The van der Waals surface area contributed by atoms with E-state index in [1.165, 1.54) is 14.2 Å². The molecule has 0 aliphatic carbocycles. The summed E-state index contributed by atoms with van der Waals surface area (Å²) in [5.41, 5.74) is 4.93. The molecular formula is C11H21N3O6. The molecule has 0 aromatic carbocycles. The van der Waals surface area contributed by atoms with Gasteiger partial charge in [0.15, 0.2) is 0 Å². The van der Waals surface area contributed by atoms with Crippen molar-refractivity contribution in [3.05, 3.63) is 0 Å². The fourth-order valence-electron chi connectivity index (χ4n) is 1.36. The van der Waals surface area contributed by atoms with E-state index in [2.05, 4.69) is 10.6 Å². The monoisotopic (exact) mass is 291 g/mol. The van der Waals surface area contributed by atoms with E-state index in [0.29, 0.717) is 6.61 Å². The first-order valence-electron chi connectivity index (χ1n) is 5.97. The van der Waals surface area contributed by atoms with Gasteiger partial charge in [0.2, 0.25) is 5.91 Å². The average Bonchev–Trinajstić information content (AvgIpc) is 2.38. The number of methoxy groups -OCH3 is 2. The summed E-state index contributed by atoms with van der Waals surface area (Å²) in [5.74, 6) is -1.86. The fourth-order valence-corrected chi connectivity index (χ4v) is 1.36. The lowest BCUT2D eigenvalue weighted by Gasteiger charge is -2.17. The first kappa shape index (κ1) is 18.1. The van der Waals surface area contributed by atoms with Crippen LogP contribution in [0.2, 0.25) is 0 Å². The predicted molar refractivity (Wildman–Crippen MR) is 69.1 cm³/mol. The molecule has 5 N–H and O–H groups in total. The zero-order chi connectivity index (χ0) is 15.5. The highest BCUT2D eigenvalue weighted by atomic mass is 16.5. The van der Waals surface area contributed by atoms with Gasteiger partial charge in [-0.2, -0.15) is 0 Å². The standard InChI is InChI=1S/C11H21N3O6/c1-19-6-7(20-2)5-13-11(18)14-8(10(16)17)3-4-9(12)15/h7-8H,3-6H2,1-2H3,(H2,12,15)(H,16,17)(H2,13,14,18). The Bertz CT molecular complexity index is 336. The van der Waals surface area contributed by atoms with Gasteiger partial charge in [-0.15, -0.1) is 0 Å². The maximum Gasteiger partial charge on any atom is 0.326 e. The molecule has 0 saturated heterocycles. The molecule has 0 aliphatic heterocycles. The second kappa shape index (κ2) is 9.98. The second-order valence-corrected chi connectivity index (χ2v) is 4.06. The number of urea groups is 1. The molecule has 9 heteroatoms. The lowest BCUT2D eigenvalue weighted by Crippen LogP contribution is -2.48. The van der Waals surface area contributed by atoms with E-state index in [1.807, 2.05) is 0 Å². The highest BCUT2D eigenvalue weighted by molar-refractivity contribution is 5.83. The zero-order valence-corrected chi connectivity index (χ0v) is 11.5. The molecule has 0 heterocycles. The lowest BCUT2D eigenvalue weighted by atomic mass is 10.1. The average molecular weight is 291 g/mol. The number of carbonyl (C=O) groups excluding carboxylic acids is 2. The number of aliphatic carboxylic acids is 1. The van der Waals surface area contributed by atoms with Crippen LogP contribution >= 0.6 is 0 Å². The van der Waals surface area contributed by atoms with Crippen LogP contribution in [0.4, 0.5) is 4.79 Å². The Balaban J connectivity index is 4.18. The van der Waals surface area contributed by atoms with E-state index in [0.717, 1.165) is 0 Å². The number of carbonyl (C=O) groups is 3. The van der Waals surface area contributed by atoms with Gasteiger partial charge in [0, 0.05) is 27.2 Å². The molecule has 0 fully saturated rings. The highest BCUT2D eigenvalue weighted by Gasteiger charge is 2.20. The Morgan fingerprint density at radius 1 is 1.30 bits per heavy atom. The molecule has 3 amide bonds. The Morgan fingerprint density at radius 3 is 2.40 bits per heavy atom. The van der Waals surface area contributed by atoms with Crippen LogP contribution in [0.15, 0.2) is 0 Å². The summed E-state index contributed by atoms with van der Waals surface area (Å²) in [6.45, 7) is 0.457. The molecule has 0 radical (unpaired) electrons. The van der Waals surface area contributed by atoms with E-state index in [-0.39, 0.29) is 25.5 Å². The molecule has 0 saturated carbocycles. The summed E-state index contributed by atoms with van der Waals surface area (Å²) in [6, 6.07) is -1.84. The molecule has 0 aromatic heterocycles. The van der Waals surface area contributed by atoms with Gasteiger partial charge in [0.05, 0.1) is 12.7 Å². The summed E-state index contributed by atoms with van der Waals surface area (Å²) in [6.07, 6.45) is -0.523. The number of nitrogens with one attached hydrogen (secondary N) is 2. The van der Waals surface area contributed by atoms with Crippen molar-refractivity contribution in [2.24, 2.45) is 5.73 Å². The van der Waals surface area contributed by atoms with Crippen LogP contribution in [0.5, 0.6) is 0 Å². The number of primary amides is 1. The molecular weight excluding hydrogens is 270 g/mol. The summed E-state index contributed by atoms with van der Waals surface area (Å²) in [7, 11) is 2.96. The topological polar surface area (TPSA) is 140 Å². The maximum atomic E-state index is 11.5. The summed E-state index contributed by atoms with van der Waals surface area (Å²) in [4.78, 5) is 33.0. The quantitative estimate of drug-likeness (QED) is 0.393. The minimum atomic E-state index is -1.23. The van der Waals surface area contributed by atoms with E-state index in [9.17, 15) is 14.4 Å². The van der Waals surface area contributed by atoms with Gasteiger partial charge in [-0.25, -0.2) is 9.59 Å². The Kier molecular flexibility index (Phi) is 9.05. The van der Waals surface area contributed by atoms with Gasteiger partial charge in [-0.1, -0.05) is 0 Å². The van der Waals surface area contributed by atoms with Crippen molar-refractivity contribution in [3.63, 3.8) is 0 Å². The van der Waals surface area contributed by atoms with Crippen LogP contribution in [0.3, 0.4) is 0 Å². The third kappa shape index (κ3) is 8.27. The first-order valence-corrected chi connectivity index (χ1v) is 5.97. The summed E-state index contributed by atoms with van der Waals surface area (Å²) in [5, 5.41) is 13.6. The van der Waals surface area contributed by atoms with Crippen molar-refractivity contribution < 1.29 is 29.0 Å². The normalized spacial score (nSPS) is 13.3. The number of carboxylic acid groups (broad SMARTS) is 1. The smallest absolute Gasteiger partial charge is 0.326 e. The Labute approximate surface area is 116 Å². The largest absolute Gasteiger partial charge is 0.480 e. The van der Waals surface area contributed by atoms with Crippen LogP contribution in [0.25, 0.3) is 0 Å². The van der Waals surface area contributed by atoms with Crippen molar-refractivity contribution >= 4 is 17.9 Å². The van der Waals surface area contributed by atoms with Gasteiger partial charge >= 0.3 is 12.0 Å². The molecule has 0 rings (SSSR count). The molecule has 0 aliphatic rings. The molecule has 0 bridgehead atoms. The van der Waals surface area contributed by atoms with Crippen molar-refractivity contribution in [3.8, 4) is 0 Å². The van der Waals surface area contributed by atoms with Gasteiger partial charge in [0.25, 0.3) is 0 Å². The number of amides is 3. The van der Waals surface area contributed by atoms with Crippen LogP contribution in [0, 0.1) is 0 Å². The van der Waals surface area contributed by atoms with Crippen LogP contribution in [-0.4, -0.2) is 62.5 Å². The van der Waals surface area contributed by atoms with E-state index in [4.69, 9.17) is 20.3 Å². The molecule has 0 aromatic rings. The van der Waals surface area contributed by atoms with Gasteiger partial charge < -0.3 is 30.9 Å². The molecule has 0 spiro atoms. The molecule has 116 valence electrons. The highest BCUT2D eigenvalue weighted by Crippen LogP contribution is 1.97. The summed E-state index contributed by atoms with van der Waals surface area (Å²) >= 11 is 0. The third-order valence-corrected chi connectivity index (χ3v) is 2.46. The van der Waals surface area contributed by atoms with E-state index >= 15 is 0 Å². The third-order valence-electron chi connectivity index (χ3n) is 2.46. The molecule has 2 unspecified atom stereocenters. The number of hydrogen-bond acceptors (Lipinski definition) is 5. The van der Waals surface area contributed by atoms with Crippen LogP contribution in [0.1, 0.15) is 12.8 Å². The first-order chi connectivity index (χ1) is 9.40. The molecule has 20 heavy (non-hydrogen) atoms. The minimum absolute atomic E-state index is 0.0656. The second-order valence-electron chi connectivity index (χ2n) is 4.06. The molecule has 9 nitrogen and oxygen atoms in total. The van der Waals surface area contributed by atoms with E-state index in [1.54, 1.807) is 0 Å². The number of rotatable bonds is 10. The Hall–Kier alpha value is -1.87. The van der Waals surface area contributed by atoms with Crippen LogP contribution < -0.4 is 16.4 Å².